The van der Waals surface area contributed by atoms with E-state index in [1.807, 2.05) is 0 Å². The number of hydrogen-bond acceptors (Lipinski definition) is 4. The van der Waals surface area contributed by atoms with Gasteiger partial charge in [0.1, 0.15) is 0 Å². The summed E-state index contributed by atoms with van der Waals surface area (Å²) in [6.07, 6.45) is 3.62. The van der Waals surface area contributed by atoms with Crippen molar-refractivity contribution in [3.63, 3.8) is 0 Å². The highest BCUT2D eigenvalue weighted by atomic mass is 35.5. The Morgan fingerprint density at radius 1 is 0.966 bits per heavy atom. The zero-order valence-corrected chi connectivity index (χ0v) is 17.3. The van der Waals surface area contributed by atoms with E-state index in [0.29, 0.717) is 13.1 Å². The fourth-order valence-corrected chi connectivity index (χ4v) is 5.01. The second kappa shape index (κ2) is 8.94. The van der Waals surface area contributed by atoms with Crippen molar-refractivity contribution < 1.29 is 18.0 Å². The van der Waals surface area contributed by atoms with Crippen molar-refractivity contribution in [2.75, 3.05) is 18.4 Å². The topological polar surface area (TPSA) is 110 Å². The Labute approximate surface area is 174 Å². The number of amides is 2. The normalized spacial score (nSPS) is 15.5. The first kappa shape index (κ1) is 21.3. The molecule has 1 fully saturated rings. The van der Waals surface area contributed by atoms with Gasteiger partial charge in [-0.25, -0.2) is 8.42 Å². The Bertz CT molecular complexity index is 1030. The van der Waals surface area contributed by atoms with Crippen molar-refractivity contribution in [1.82, 2.24) is 4.31 Å². The maximum atomic E-state index is 13.0. The van der Waals surface area contributed by atoms with Crippen molar-refractivity contribution in [1.29, 1.82) is 0 Å². The summed E-state index contributed by atoms with van der Waals surface area (Å²) in [4.78, 5) is 24.3. The quantitative estimate of drug-likeness (QED) is 0.750. The second-order valence-electron chi connectivity index (χ2n) is 6.82. The van der Waals surface area contributed by atoms with Crippen LogP contribution in [0, 0.1) is 0 Å². The van der Waals surface area contributed by atoms with Crippen LogP contribution in [-0.4, -0.2) is 37.6 Å². The summed E-state index contributed by atoms with van der Waals surface area (Å²) in [6, 6.07) is 10.3. The van der Waals surface area contributed by atoms with E-state index in [-0.39, 0.29) is 26.7 Å². The van der Waals surface area contributed by atoms with Gasteiger partial charge in [0.05, 0.1) is 26.7 Å². The minimum Gasteiger partial charge on any atom is -0.366 e. The molecule has 1 aliphatic rings. The van der Waals surface area contributed by atoms with Crippen molar-refractivity contribution >= 4 is 39.1 Å². The third-order valence-corrected chi connectivity index (χ3v) is 7.05. The number of sulfonamides is 1. The number of primary amides is 1. The highest BCUT2D eigenvalue weighted by molar-refractivity contribution is 7.89. The van der Waals surface area contributed by atoms with Crippen LogP contribution in [0.25, 0.3) is 0 Å². The minimum absolute atomic E-state index is 0.00170. The molecule has 3 rings (SSSR count). The maximum absolute atomic E-state index is 13.0. The molecule has 0 aliphatic carbocycles. The van der Waals surface area contributed by atoms with Crippen molar-refractivity contribution in [3.8, 4) is 0 Å². The first-order valence-corrected chi connectivity index (χ1v) is 11.1. The summed E-state index contributed by atoms with van der Waals surface area (Å²) in [7, 11) is -3.73. The molecule has 0 saturated carbocycles. The van der Waals surface area contributed by atoms with Crippen LogP contribution >= 0.6 is 11.6 Å². The number of rotatable bonds is 5. The average molecular weight is 436 g/mol. The van der Waals surface area contributed by atoms with Crippen molar-refractivity contribution in [2.45, 2.75) is 30.6 Å². The zero-order chi connectivity index (χ0) is 21.0. The average Bonchev–Trinajstić information content (AvgIpc) is 2.98. The molecule has 0 bridgehead atoms. The van der Waals surface area contributed by atoms with E-state index in [0.717, 1.165) is 25.7 Å². The molecule has 7 nitrogen and oxygen atoms in total. The van der Waals surface area contributed by atoms with Gasteiger partial charge in [0.25, 0.3) is 11.8 Å². The third kappa shape index (κ3) is 4.77. The monoisotopic (exact) mass is 435 g/mol. The molecule has 1 aliphatic heterocycles. The number of nitrogens with zero attached hydrogens (tertiary/aromatic N) is 1. The molecule has 0 atom stereocenters. The van der Waals surface area contributed by atoms with E-state index in [2.05, 4.69) is 5.32 Å². The molecule has 29 heavy (non-hydrogen) atoms. The third-order valence-electron chi connectivity index (χ3n) is 4.83. The summed E-state index contributed by atoms with van der Waals surface area (Å²) in [5.74, 6) is -1.32. The van der Waals surface area contributed by atoms with Crippen LogP contribution in [0.4, 0.5) is 5.69 Å². The summed E-state index contributed by atoms with van der Waals surface area (Å²) in [5, 5.41) is 2.69. The first-order valence-electron chi connectivity index (χ1n) is 9.30. The van der Waals surface area contributed by atoms with Gasteiger partial charge in [0, 0.05) is 13.1 Å². The highest BCUT2D eigenvalue weighted by Crippen LogP contribution is 2.26. The molecule has 2 aromatic carbocycles. The molecular weight excluding hydrogens is 414 g/mol. The van der Waals surface area contributed by atoms with E-state index in [9.17, 15) is 18.0 Å². The van der Waals surface area contributed by atoms with Gasteiger partial charge in [-0.2, -0.15) is 4.31 Å². The lowest BCUT2D eigenvalue weighted by atomic mass is 10.1. The Morgan fingerprint density at radius 3 is 2.28 bits per heavy atom. The van der Waals surface area contributed by atoms with E-state index >= 15 is 0 Å². The van der Waals surface area contributed by atoms with Gasteiger partial charge in [-0.3, -0.25) is 9.59 Å². The molecule has 0 spiro atoms. The lowest BCUT2D eigenvalue weighted by Gasteiger charge is -2.20. The summed E-state index contributed by atoms with van der Waals surface area (Å²) in [6.45, 7) is 0.914. The Morgan fingerprint density at radius 2 is 1.62 bits per heavy atom. The van der Waals surface area contributed by atoms with E-state index in [1.165, 1.54) is 34.6 Å². The Kier molecular flexibility index (Phi) is 6.56. The van der Waals surface area contributed by atoms with Crippen LogP contribution in [0.15, 0.2) is 47.4 Å². The molecular formula is C20H22ClN3O4S. The smallest absolute Gasteiger partial charge is 0.257 e. The van der Waals surface area contributed by atoms with Gasteiger partial charge >= 0.3 is 0 Å². The first-order chi connectivity index (χ1) is 13.8. The number of nitrogens with two attached hydrogens (primary N) is 1. The van der Waals surface area contributed by atoms with Crippen molar-refractivity contribution in [3.05, 3.63) is 58.6 Å². The SMILES string of the molecule is NC(=O)c1ccccc1NC(=O)c1cc(S(=O)(=O)N2CCCCCC2)ccc1Cl. The molecule has 9 heteroatoms. The van der Waals surface area contributed by atoms with Gasteiger partial charge < -0.3 is 11.1 Å². The molecule has 154 valence electrons. The van der Waals surface area contributed by atoms with Gasteiger partial charge in [-0.05, 0) is 43.2 Å². The minimum atomic E-state index is -3.73. The molecule has 2 amide bonds. The molecule has 1 saturated heterocycles. The van der Waals surface area contributed by atoms with E-state index in [1.54, 1.807) is 12.1 Å². The van der Waals surface area contributed by atoms with Crippen LogP contribution in [0.2, 0.25) is 5.02 Å². The predicted octanol–water partition coefficient (Wildman–Crippen LogP) is 3.26. The maximum Gasteiger partial charge on any atom is 0.257 e. The number of halogens is 1. The number of para-hydroxylation sites is 1. The Balaban J connectivity index is 1.91. The Hall–Kier alpha value is -2.42. The number of carbonyl (C=O) groups excluding carboxylic acids is 2. The standard InChI is InChI=1S/C20H22ClN3O4S/c21-17-10-9-14(29(27,28)24-11-5-1-2-6-12-24)13-16(17)20(26)23-18-8-4-3-7-15(18)19(22)25/h3-4,7-10,13H,1-2,5-6,11-12H2,(H2,22,25)(H,23,26). The second-order valence-corrected chi connectivity index (χ2v) is 9.17. The number of carbonyl (C=O) groups is 2. The molecule has 3 N–H and O–H groups in total. The van der Waals surface area contributed by atoms with E-state index in [4.69, 9.17) is 17.3 Å². The molecule has 0 unspecified atom stereocenters. The van der Waals surface area contributed by atoms with Gasteiger partial charge in [-0.1, -0.05) is 36.6 Å². The fourth-order valence-electron chi connectivity index (χ4n) is 3.27. The van der Waals surface area contributed by atoms with Crippen LogP contribution in [0.3, 0.4) is 0 Å². The highest BCUT2D eigenvalue weighted by Gasteiger charge is 2.27. The van der Waals surface area contributed by atoms with Crippen LogP contribution in [-0.2, 0) is 10.0 Å². The lowest BCUT2D eigenvalue weighted by molar-refractivity contribution is 0.100. The number of benzene rings is 2. The van der Waals surface area contributed by atoms with Crippen LogP contribution in [0.1, 0.15) is 46.4 Å². The molecule has 2 aromatic rings. The summed E-state index contributed by atoms with van der Waals surface area (Å²) in [5.41, 5.74) is 5.70. The summed E-state index contributed by atoms with van der Waals surface area (Å²) < 4.78 is 27.5. The largest absolute Gasteiger partial charge is 0.366 e. The number of anilines is 1. The van der Waals surface area contributed by atoms with Gasteiger partial charge in [-0.15, -0.1) is 0 Å². The molecule has 1 heterocycles. The van der Waals surface area contributed by atoms with Gasteiger partial charge in [0.2, 0.25) is 10.0 Å². The fraction of sp³-hybridized carbons (Fsp3) is 0.300. The summed E-state index contributed by atoms with van der Waals surface area (Å²) >= 11 is 6.16. The zero-order valence-electron chi connectivity index (χ0n) is 15.7. The number of nitrogens with one attached hydrogen (secondary N) is 1. The molecule has 0 radical (unpaired) electrons. The van der Waals surface area contributed by atoms with E-state index < -0.39 is 21.8 Å². The lowest BCUT2D eigenvalue weighted by Crippen LogP contribution is -2.32. The number of hydrogen-bond donors (Lipinski definition) is 2. The van der Waals surface area contributed by atoms with Crippen LogP contribution < -0.4 is 11.1 Å². The van der Waals surface area contributed by atoms with Gasteiger partial charge in [0.15, 0.2) is 0 Å². The van der Waals surface area contributed by atoms with Crippen LogP contribution in [0.5, 0.6) is 0 Å². The predicted molar refractivity (Wildman–Crippen MR) is 112 cm³/mol. The molecule has 0 aromatic heterocycles. The van der Waals surface area contributed by atoms with Crippen molar-refractivity contribution in [2.24, 2.45) is 5.73 Å².